The highest BCUT2D eigenvalue weighted by atomic mass is 35.5. The summed E-state index contributed by atoms with van der Waals surface area (Å²) in [4.78, 5) is 32.3. The molecule has 1 atom stereocenters. The molecule has 3 aromatic rings. The fourth-order valence-corrected chi connectivity index (χ4v) is 5.77. The van der Waals surface area contributed by atoms with Crippen LogP contribution in [0.3, 0.4) is 0 Å². The Morgan fingerprint density at radius 2 is 1.75 bits per heavy atom. The van der Waals surface area contributed by atoms with Crippen LogP contribution >= 0.6 is 22.9 Å². The normalized spacial score (nSPS) is 15.5. The molecule has 4 nitrogen and oxygen atoms in total. The fourth-order valence-electron chi connectivity index (χ4n) is 4.74. The van der Waals surface area contributed by atoms with E-state index in [1.807, 2.05) is 53.4 Å². The van der Waals surface area contributed by atoms with Crippen LogP contribution in [0.2, 0.25) is 5.02 Å². The van der Waals surface area contributed by atoms with Crippen molar-refractivity contribution in [2.75, 3.05) is 19.6 Å². The van der Waals surface area contributed by atoms with Gasteiger partial charge in [0.15, 0.2) is 0 Å². The van der Waals surface area contributed by atoms with Gasteiger partial charge in [0.1, 0.15) is 6.54 Å². The van der Waals surface area contributed by atoms with Crippen LogP contribution in [0.25, 0.3) is 0 Å². The van der Waals surface area contributed by atoms with Gasteiger partial charge in [-0.2, -0.15) is 0 Å². The monoisotopic (exact) mass is 522 g/mol. The fraction of sp³-hybridized carbons (Fsp3) is 0.400. The summed E-state index contributed by atoms with van der Waals surface area (Å²) in [5.41, 5.74) is 4.04. The maximum atomic E-state index is 13.8. The molecule has 0 bridgehead atoms. The molecule has 2 amide bonds. The van der Waals surface area contributed by atoms with Crippen LogP contribution in [0, 0.1) is 0 Å². The highest BCUT2D eigenvalue weighted by Gasteiger charge is 2.34. The second-order valence-electron chi connectivity index (χ2n) is 10.5. The minimum Gasteiger partial charge on any atom is -0.330 e. The van der Waals surface area contributed by atoms with E-state index >= 15 is 0 Å². The maximum absolute atomic E-state index is 13.8. The first kappa shape index (κ1) is 26.4. The Bertz CT molecular complexity index is 1190. The number of benzene rings is 2. The average molecular weight is 523 g/mol. The Kier molecular flexibility index (Phi) is 8.21. The van der Waals surface area contributed by atoms with Gasteiger partial charge in [0.05, 0.1) is 6.04 Å². The lowest BCUT2D eigenvalue weighted by Crippen LogP contribution is -2.47. The number of fused-ring (bicyclic) bond motifs is 1. The van der Waals surface area contributed by atoms with E-state index in [1.54, 1.807) is 16.2 Å². The average Bonchev–Trinajstić information content (AvgIpc) is 3.34. The first-order valence-electron chi connectivity index (χ1n) is 12.7. The number of amides is 2. The van der Waals surface area contributed by atoms with Crippen molar-refractivity contribution in [3.8, 4) is 0 Å². The van der Waals surface area contributed by atoms with Crippen molar-refractivity contribution in [2.24, 2.45) is 0 Å². The number of hydrogen-bond donors (Lipinski definition) is 0. The van der Waals surface area contributed by atoms with Crippen molar-refractivity contribution >= 4 is 34.8 Å². The number of halogens is 1. The predicted octanol–water partition coefficient (Wildman–Crippen LogP) is 7.12. The molecule has 0 saturated heterocycles. The smallest absolute Gasteiger partial charge is 0.254 e. The van der Waals surface area contributed by atoms with Gasteiger partial charge < -0.3 is 9.80 Å². The van der Waals surface area contributed by atoms with Gasteiger partial charge in [-0.25, -0.2) is 0 Å². The van der Waals surface area contributed by atoms with Gasteiger partial charge in [0.25, 0.3) is 5.91 Å². The number of carbonyl (C=O) groups excluding carboxylic acids is 2. The molecule has 1 aliphatic rings. The van der Waals surface area contributed by atoms with Gasteiger partial charge >= 0.3 is 0 Å². The van der Waals surface area contributed by atoms with Gasteiger partial charge in [-0.05, 0) is 70.7 Å². The lowest BCUT2D eigenvalue weighted by atomic mass is 9.86. The molecule has 0 fully saturated rings. The molecule has 0 radical (unpaired) electrons. The molecular weight excluding hydrogens is 488 g/mol. The summed E-state index contributed by atoms with van der Waals surface area (Å²) >= 11 is 7.89. The van der Waals surface area contributed by atoms with E-state index in [-0.39, 0.29) is 29.8 Å². The Morgan fingerprint density at radius 3 is 2.39 bits per heavy atom. The van der Waals surface area contributed by atoms with E-state index in [9.17, 15) is 9.59 Å². The van der Waals surface area contributed by atoms with E-state index in [2.05, 4.69) is 39.1 Å². The van der Waals surface area contributed by atoms with Crippen LogP contribution in [0.15, 0.2) is 60.0 Å². The second kappa shape index (κ2) is 11.2. The Morgan fingerprint density at radius 1 is 1.06 bits per heavy atom. The minimum absolute atomic E-state index is 0.0187. The number of thiophene rings is 1. The van der Waals surface area contributed by atoms with Crippen LogP contribution in [0.1, 0.15) is 78.5 Å². The summed E-state index contributed by atoms with van der Waals surface area (Å²) in [5.74, 6) is -0.115. The molecule has 1 aromatic heterocycles. The molecule has 2 aromatic carbocycles. The molecule has 0 N–H and O–H groups in total. The molecule has 2 heterocycles. The molecule has 0 spiro atoms. The highest BCUT2D eigenvalue weighted by Crippen LogP contribution is 2.38. The van der Waals surface area contributed by atoms with E-state index in [4.69, 9.17) is 11.6 Å². The predicted molar refractivity (Wildman–Crippen MR) is 149 cm³/mol. The third-order valence-electron chi connectivity index (χ3n) is 6.86. The Hall–Kier alpha value is -2.63. The summed E-state index contributed by atoms with van der Waals surface area (Å²) in [6, 6.07) is 17.5. The number of rotatable bonds is 7. The van der Waals surface area contributed by atoms with Crippen LogP contribution in [-0.4, -0.2) is 41.2 Å². The van der Waals surface area contributed by atoms with Crippen molar-refractivity contribution in [1.29, 1.82) is 0 Å². The molecule has 1 aliphatic heterocycles. The molecular formula is C30H35ClN2O2S. The van der Waals surface area contributed by atoms with E-state index < -0.39 is 0 Å². The molecule has 0 unspecified atom stereocenters. The lowest BCUT2D eigenvalue weighted by Gasteiger charge is -2.37. The summed E-state index contributed by atoms with van der Waals surface area (Å²) in [7, 11) is 0. The minimum atomic E-state index is -0.168. The van der Waals surface area contributed by atoms with Crippen LogP contribution in [-0.2, 0) is 16.6 Å². The molecule has 0 saturated carbocycles. The summed E-state index contributed by atoms with van der Waals surface area (Å²) in [5, 5.41) is 2.77. The molecule has 4 rings (SSSR count). The standard InChI is InChI=1S/C30H35ClN2O2S/c1-5-6-17-32(29(35)22-7-11-23(12-8-22)30(2,3)4)20-27(34)33-18-15-26-25(16-19-36-26)28(33)21-9-13-24(31)14-10-21/h7-14,16,19,28H,5-6,15,17-18,20H2,1-4H3/t28-/m0/s1. The maximum Gasteiger partial charge on any atom is 0.254 e. The quantitative estimate of drug-likeness (QED) is 0.331. The zero-order valence-electron chi connectivity index (χ0n) is 21.6. The van der Waals surface area contributed by atoms with Crippen LogP contribution < -0.4 is 0 Å². The van der Waals surface area contributed by atoms with Crippen molar-refractivity contribution in [1.82, 2.24) is 9.80 Å². The van der Waals surface area contributed by atoms with Gasteiger partial charge in [-0.1, -0.05) is 70.0 Å². The lowest BCUT2D eigenvalue weighted by molar-refractivity contribution is -0.134. The summed E-state index contributed by atoms with van der Waals surface area (Å²) in [6.45, 7) is 9.84. The van der Waals surface area contributed by atoms with Gasteiger partial charge in [0.2, 0.25) is 5.91 Å². The van der Waals surface area contributed by atoms with Crippen molar-refractivity contribution in [3.05, 3.63) is 92.1 Å². The Labute approximate surface area is 223 Å². The van der Waals surface area contributed by atoms with Crippen molar-refractivity contribution in [3.63, 3.8) is 0 Å². The largest absolute Gasteiger partial charge is 0.330 e. The molecule has 0 aliphatic carbocycles. The number of nitrogens with zero attached hydrogens (tertiary/aromatic N) is 2. The van der Waals surface area contributed by atoms with E-state index in [1.165, 1.54) is 16.0 Å². The zero-order valence-corrected chi connectivity index (χ0v) is 23.2. The number of carbonyl (C=O) groups is 2. The van der Waals surface area contributed by atoms with E-state index in [0.717, 1.165) is 24.8 Å². The molecule has 6 heteroatoms. The zero-order chi connectivity index (χ0) is 25.9. The van der Waals surface area contributed by atoms with Crippen molar-refractivity contribution < 1.29 is 9.59 Å². The third kappa shape index (κ3) is 5.84. The number of unbranched alkanes of at least 4 members (excludes halogenated alkanes) is 1. The van der Waals surface area contributed by atoms with Crippen LogP contribution in [0.4, 0.5) is 0 Å². The van der Waals surface area contributed by atoms with Crippen LogP contribution in [0.5, 0.6) is 0 Å². The van der Waals surface area contributed by atoms with Crippen molar-refractivity contribution in [2.45, 2.75) is 58.4 Å². The van der Waals surface area contributed by atoms with Gasteiger partial charge in [-0.15, -0.1) is 11.3 Å². The SMILES string of the molecule is CCCCN(CC(=O)N1CCc2sccc2[C@@H]1c1ccc(Cl)cc1)C(=O)c1ccc(C(C)(C)C)cc1. The van der Waals surface area contributed by atoms with Gasteiger partial charge in [-0.3, -0.25) is 9.59 Å². The summed E-state index contributed by atoms with van der Waals surface area (Å²) < 4.78 is 0. The number of hydrogen-bond acceptors (Lipinski definition) is 3. The summed E-state index contributed by atoms with van der Waals surface area (Å²) in [6.07, 6.45) is 2.64. The molecule has 36 heavy (non-hydrogen) atoms. The Balaban J connectivity index is 1.58. The van der Waals surface area contributed by atoms with Gasteiger partial charge in [0, 0.05) is 28.6 Å². The topological polar surface area (TPSA) is 40.6 Å². The second-order valence-corrected chi connectivity index (χ2v) is 11.9. The first-order chi connectivity index (χ1) is 17.2. The molecule has 190 valence electrons. The third-order valence-corrected chi connectivity index (χ3v) is 8.11. The first-order valence-corrected chi connectivity index (χ1v) is 14.0. The van der Waals surface area contributed by atoms with E-state index in [0.29, 0.717) is 23.7 Å². The highest BCUT2D eigenvalue weighted by molar-refractivity contribution is 7.10.